The van der Waals surface area contributed by atoms with Crippen LogP contribution in [0, 0.1) is 11.3 Å². The second-order valence-electron chi connectivity index (χ2n) is 4.19. The smallest absolute Gasteiger partial charge is 0.263 e. The molecule has 0 radical (unpaired) electrons. The molecule has 0 bridgehead atoms. The van der Waals surface area contributed by atoms with Crippen molar-refractivity contribution in [3.05, 3.63) is 22.1 Å². The van der Waals surface area contributed by atoms with Crippen molar-refractivity contribution < 1.29 is 9.63 Å². The normalized spacial score (nSPS) is 12.4. The molecular weight excluding hydrogens is 281 g/mol. The molecule has 0 fully saturated rings. The first-order chi connectivity index (χ1) is 9.52. The molecule has 8 nitrogen and oxygen atoms in total. The lowest BCUT2D eigenvalue weighted by Crippen LogP contribution is -2.13. The summed E-state index contributed by atoms with van der Waals surface area (Å²) in [5.74, 6) is -0.000282. The summed E-state index contributed by atoms with van der Waals surface area (Å²) in [5, 5.41) is 9.27. The van der Waals surface area contributed by atoms with Crippen LogP contribution in [-0.4, -0.2) is 39.0 Å². The minimum absolute atomic E-state index is 0.000282. The summed E-state index contributed by atoms with van der Waals surface area (Å²) in [7, 11) is -1.10. The molecule has 20 heavy (non-hydrogen) atoms. The third kappa shape index (κ3) is 2.96. The molecule has 1 atom stereocenters. The van der Waals surface area contributed by atoms with E-state index in [-0.39, 0.29) is 23.2 Å². The van der Waals surface area contributed by atoms with E-state index in [4.69, 9.17) is 20.6 Å². The summed E-state index contributed by atoms with van der Waals surface area (Å²) in [5.41, 5.74) is 5.68. The zero-order valence-electron chi connectivity index (χ0n) is 10.8. The molecule has 2 aromatic rings. The molecule has 0 aliphatic rings. The number of aromatic amines is 1. The summed E-state index contributed by atoms with van der Waals surface area (Å²) < 4.78 is 6.93. The number of ether oxygens (including phenoxy) is 1. The monoisotopic (exact) mass is 295 g/mol. The average molecular weight is 295 g/mol. The Labute approximate surface area is 115 Å². The van der Waals surface area contributed by atoms with Crippen molar-refractivity contribution in [2.24, 2.45) is 0 Å². The number of aromatic nitrogens is 3. The summed E-state index contributed by atoms with van der Waals surface area (Å²) in [6.45, 7) is 2.45. The Kier molecular flexibility index (Phi) is 4.35. The van der Waals surface area contributed by atoms with Gasteiger partial charge in [0.15, 0.2) is 5.65 Å². The largest absolute Gasteiger partial charge is 0.373 e. The molecular formula is C11H14N5O3P. The molecule has 0 aromatic carbocycles. The third-order valence-corrected chi connectivity index (χ3v) is 3.18. The van der Waals surface area contributed by atoms with E-state index in [9.17, 15) is 4.79 Å². The van der Waals surface area contributed by atoms with Crippen molar-refractivity contribution in [3.63, 3.8) is 0 Å². The molecule has 0 spiro atoms. The van der Waals surface area contributed by atoms with Gasteiger partial charge in [0, 0.05) is 20.9 Å². The number of hydrogen-bond donors (Lipinski definition) is 3. The predicted molar refractivity (Wildman–Crippen MR) is 75.4 cm³/mol. The van der Waals surface area contributed by atoms with Crippen molar-refractivity contribution in [2.45, 2.75) is 6.54 Å². The highest BCUT2D eigenvalue weighted by Gasteiger charge is 2.14. The molecule has 1 unspecified atom stereocenters. The van der Waals surface area contributed by atoms with Gasteiger partial charge in [0.2, 0.25) is 5.95 Å². The minimum Gasteiger partial charge on any atom is -0.373 e. The van der Waals surface area contributed by atoms with Crippen LogP contribution in [0.2, 0.25) is 0 Å². The van der Waals surface area contributed by atoms with Crippen molar-refractivity contribution in [2.75, 3.05) is 25.4 Å². The van der Waals surface area contributed by atoms with Crippen LogP contribution in [0.1, 0.15) is 5.56 Å². The molecule has 0 saturated heterocycles. The molecule has 2 heterocycles. The fourth-order valence-corrected chi connectivity index (χ4v) is 2.22. The van der Waals surface area contributed by atoms with E-state index in [0.29, 0.717) is 18.8 Å². The first kappa shape index (κ1) is 14.5. The van der Waals surface area contributed by atoms with Gasteiger partial charge in [-0.2, -0.15) is 10.2 Å². The van der Waals surface area contributed by atoms with E-state index in [1.165, 1.54) is 0 Å². The van der Waals surface area contributed by atoms with Gasteiger partial charge in [0.1, 0.15) is 11.5 Å². The number of nitrogens with one attached hydrogen (secondary N) is 1. The van der Waals surface area contributed by atoms with Crippen LogP contribution in [0.25, 0.3) is 11.0 Å². The second kappa shape index (κ2) is 6.01. The average Bonchev–Trinajstić information content (AvgIpc) is 2.72. The maximum atomic E-state index is 11.8. The maximum Gasteiger partial charge on any atom is 0.263 e. The molecule has 0 saturated carbocycles. The first-order valence-corrected chi connectivity index (χ1v) is 7.72. The highest BCUT2D eigenvalue weighted by atomic mass is 31.1. The van der Waals surface area contributed by atoms with E-state index < -0.39 is 13.7 Å². The third-order valence-electron chi connectivity index (χ3n) is 2.62. The van der Waals surface area contributed by atoms with Crippen LogP contribution in [0.5, 0.6) is 0 Å². The summed E-state index contributed by atoms with van der Waals surface area (Å²) >= 11 is 0. The van der Waals surface area contributed by atoms with Gasteiger partial charge in [0.05, 0.1) is 18.5 Å². The molecule has 2 aromatic heterocycles. The second-order valence-corrected chi connectivity index (χ2v) is 5.77. The quantitative estimate of drug-likeness (QED) is 0.532. The number of fused-ring (bicyclic) bond motifs is 1. The highest BCUT2D eigenvalue weighted by Crippen LogP contribution is 2.22. The van der Waals surface area contributed by atoms with E-state index in [0.717, 1.165) is 0 Å². The van der Waals surface area contributed by atoms with E-state index in [1.54, 1.807) is 17.4 Å². The van der Waals surface area contributed by atoms with Crippen LogP contribution < -0.4 is 11.3 Å². The number of nitrogens with zero attached hydrogens (tertiary/aromatic N) is 3. The van der Waals surface area contributed by atoms with Crippen LogP contribution in [-0.2, 0) is 11.3 Å². The molecule has 0 aliphatic carbocycles. The Morgan fingerprint density at radius 2 is 2.45 bits per heavy atom. The Morgan fingerprint density at radius 3 is 3.10 bits per heavy atom. The van der Waals surface area contributed by atoms with E-state index in [1.807, 2.05) is 6.07 Å². The zero-order chi connectivity index (χ0) is 14.7. The van der Waals surface area contributed by atoms with Gasteiger partial charge in [-0.1, -0.05) is 0 Å². The van der Waals surface area contributed by atoms with Crippen LogP contribution in [0.4, 0.5) is 5.95 Å². The standard InChI is InChI=1S/C11H14N5O3P/c1-20(18)6-19-3-2-16-5-7(4-12)8-9(16)14-11(13)15-10(8)17/h5,18H,2-3,6H2,1H3,(H3,13,14,15,17). The molecule has 9 heteroatoms. The number of anilines is 1. The lowest BCUT2D eigenvalue weighted by atomic mass is 10.3. The van der Waals surface area contributed by atoms with Crippen molar-refractivity contribution in [3.8, 4) is 6.07 Å². The van der Waals surface area contributed by atoms with Gasteiger partial charge < -0.3 is 19.9 Å². The van der Waals surface area contributed by atoms with Crippen molar-refractivity contribution in [1.82, 2.24) is 14.5 Å². The SMILES string of the molecule is CP(O)COCCn1cc(C#N)c2c(=O)[nH]c(N)nc21. The summed E-state index contributed by atoms with van der Waals surface area (Å²) in [6.07, 6.45) is 1.83. The Balaban J connectivity index is 2.30. The molecule has 4 N–H and O–H groups in total. The summed E-state index contributed by atoms with van der Waals surface area (Å²) in [6, 6.07) is 1.96. The number of rotatable bonds is 5. The number of nitrogens with two attached hydrogens (primary N) is 1. The lowest BCUT2D eigenvalue weighted by Gasteiger charge is -2.07. The Hall–Kier alpha value is -1.94. The topological polar surface area (TPSA) is 130 Å². The van der Waals surface area contributed by atoms with Gasteiger partial charge in [-0.3, -0.25) is 9.78 Å². The van der Waals surface area contributed by atoms with E-state index >= 15 is 0 Å². The number of nitrogen functional groups attached to an aromatic ring is 1. The van der Waals surface area contributed by atoms with Gasteiger partial charge in [0.25, 0.3) is 5.56 Å². The number of H-pyrrole nitrogens is 1. The van der Waals surface area contributed by atoms with Gasteiger partial charge in [-0.05, 0) is 6.66 Å². The lowest BCUT2D eigenvalue weighted by molar-refractivity contribution is 0.166. The highest BCUT2D eigenvalue weighted by molar-refractivity contribution is 7.50. The Bertz CT molecular complexity index is 715. The van der Waals surface area contributed by atoms with Crippen LogP contribution in [0.15, 0.2) is 11.0 Å². The fraction of sp³-hybridized carbons (Fsp3) is 0.364. The maximum absolute atomic E-state index is 11.8. The van der Waals surface area contributed by atoms with Gasteiger partial charge in [-0.15, -0.1) is 0 Å². The van der Waals surface area contributed by atoms with Gasteiger partial charge in [-0.25, -0.2) is 0 Å². The van der Waals surface area contributed by atoms with Crippen molar-refractivity contribution >= 4 is 25.1 Å². The molecule has 0 aliphatic heterocycles. The molecule has 0 amide bonds. The zero-order valence-corrected chi connectivity index (χ0v) is 11.7. The van der Waals surface area contributed by atoms with Crippen molar-refractivity contribution in [1.29, 1.82) is 5.26 Å². The minimum atomic E-state index is -1.10. The number of hydrogen-bond acceptors (Lipinski definition) is 6. The fourth-order valence-electron chi connectivity index (χ4n) is 1.83. The number of nitriles is 1. The molecule has 106 valence electrons. The summed E-state index contributed by atoms with van der Waals surface area (Å²) in [4.78, 5) is 27.4. The predicted octanol–water partition coefficient (Wildman–Crippen LogP) is 0.172. The Morgan fingerprint density at radius 1 is 1.70 bits per heavy atom. The van der Waals surface area contributed by atoms with Gasteiger partial charge >= 0.3 is 0 Å². The first-order valence-electron chi connectivity index (χ1n) is 5.79. The van der Waals surface area contributed by atoms with E-state index in [2.05, 4.69) is 9.97 Å². The van der Waals surface area contributed by atoms with Crippen LogP contribution >= 0.6 is 8.15 Å². The van der Waals surface area contributed by atoms with Crippen LogP contribution in [0.3, 0.4) is 0 Å². The molecule has 2 rings (SSSR count).